The number of hydrogen-bond acceptors (Lipinski definition) is 2. The molecule has 0 amide bonds. The van der Waals surface area contributed by atoms with Gasteiger partial charge in [0.15, 0.2) is 0 Å². The van der Waals surface area contributed by atoms with Crippen molar-refractivity contribution in [3.63, 3.8) is 0 Å². The summed E-state index contributed by atoms with van der Waals surface area (Å²) in [5, 5.41) is 3.81. The highest BCUT2D eigenvalue weighted by molar-refractivity contribution is 7.98. The minimum Gasteiger partial charge on any atom is -0.313 e. The van der Waals surface area contributed by atoms with E-state index in [9.17, 15) is 0 Å². The first kappa shape index (κ1) is 10.5. The first-order valence-electron chi connectivity index (χ1n) is 6.62. The van der Waals surface area contributed by atoms with Gasteiger partial charge in [0.1, 0.15) is 0 Å². The Morgan fingerprint density at radius 3 is 2.87 bits per heavy atom. The van der Waals surface area contributed by atoms with E-state index in [1.807, 2.05) is 11.8 Å². The maximum Gasteiger partial charge on any atom is 0.0101 e. The van der Waals surface area contributed by atoms with Gasteiger partial charge < -0.3 is 5.32 Å². The Kier molecular flexibility index (Phi) is 2.99. The number of nitrogens with one attached hydrogen (secondary N) is 1. The highest BCUT2D eigenvalue weighted by Crippen LogP contribution is 2.58. The maximum atomic E-state index is 3.81. The van der Waals surface area contributed by atoms with Crippen molar-refractivity contribution in [2.75, 3.05) is 18.6 Å². The molecule has 5 atom stereocenters. The van der Waals surface area contributed by atoms with E-state index < -0.39 is 0 Å². The molecule has 0 aliphatic heterocycles. The summed E-state index contributed by atoms with van der Waals surface area (Å²) in [5.41, 5.74) is 0. The van der Waals surface area contributed by atoms with Crippen LogP contribution in [0.3, 0.4) is 0 Å². The number of hydrogen-bond donors (Lipinski definition) is 1. The molecule has 3 fully saturated rings. The van der Waals surface area contributed by atoms with E-state index in [2.05, 4.69) is 11.6 Å². The summed E-state index contributed by atoms with van der Waals surface area (Å²) in [6.07, 6.45) is 9.90. The minimum atomic E-state index is 0.890. The number of fused-ring (bicyclic) bond motifs is 5. The maximum absolute atomic E-state index is 3.81. The van der Waals surface area contributed by atoms with Gasteiger partial charge in [0.2, 0.25) is 0 Å². The summed E-state index contributed by atoms with van der Waals surface area (Å²) in [7, 11) is 0. The van der Waals surface area contributed by atoms with Crippen LogP contribution in [-0.4, -0.2) is 24.6 Å². The van der Waals surface area contributed by atoms with Crippen LogP contribution >= 0.6 is 11.8 Å². The van der Waals surface area contributed by atoms with Gasteiger partial charge in [0.25, 0.3) is 0 Å². The lowest BCUT2D eigenvalue weighted by atomic mass is 9.79. The van der Waals surface area contributed by atoms with E-state index >= 15 is 0 Å². The Morgan fingerprint density at radius 2 is 2.00 bits per heavy atom. The van der Waals surface area contributed by atoms with Crippen molar-refractivity contribution in [2.24, 2.45) is 23.7 Å². The molecule has 5 unspecified atom stereocenters. The summed E-state index contributed by atoms with van der Waals surface area (Å²) in [5.74, 6) is 5.71. The Labute approximate surface area is 97.8 Å². The average Bonchev–Trinajstić information content (AvgIpc) is 2.89. The Hall–Kier alpha value is 0.310. The van der Waals surface area contributed by atoms with Crippen LogP contribution in [0.2, 0.25) is 0 Å². The molecule has 86 valence electrons. The molecular formula is C13H23NS. The summed E-state index contributed by atoms with van der Waals surface area (Å²) < 4.78 is 0. The second-order valence-electron chi connectivity index (χ2n) is 5.71. The molecule has 1 nitrogen and oxygen atoms in total. The fourth-order valence-electron chi connectivity index (χ4n) is 4.65. The molecule has 15 heavy (non-hydrogen) atoms. The second-order valence-corrected chi connectivity index (χ2v) is 6.69. The zero-order chi connectivity index (χ0) is 10.3. The molecule has 3 rings (SSSR count). The van der Waals surface area contributed by atoms with Crippen LogP contribution in [-0.2, 0) is 0 Å². The van der Waals surface area contributed by atoms with E-state index in [4.69, 9.17) is 0 Å². The highest BCUT2D eigenvalue weighted by Gasteiger charge is 2.53. The monoisotopic (exact) mass is 225 g/mol. The average molecular weight is 225 g/mol. The molecule has 0 aromatic heterocycles. The highest BCUT2D eigenvalue weighted by atomic mass is 32.2. The molecular weight excluding hydrogens is 202 g/mol. The number of thioether (sulfide) groups is 1. The molecule has 3 aliphatic rings. The van der Waals surface area contributed by atoms with Crippen LogP contribution in [0.25, 0.3) is 0 Å². The lowest BCUT2D eigenvalue weighted by Crippen LogP contribution is -2.40. The fraction of sp³-hybridized carbons (Fsp3) is 1.00. The summed E-state index contributed by atoms with van der Waals surface area (Å²) in [6, 6.07) is 0.890. The smallest absolute Gasteiger partial charge is 0.0101 e. The standard InChI is InChI=1S/C13H23NS/c1-15-6-5-14-13-8-9-7-12(13)11-4-2-3-10(9)11/h9-14H,2-8H2,1H3. The SMILES string of the molecule is CSCCNC1CC2CC1C1CCCC21. The summed E-state index contributed by atoms with van der Waals surface area (Å²) in [4.78, 5) is 0. The lowest BCUT2D eigenvalue weighted by molar-refractivity contribution is 0.211. The zero-order valence-corrected chi connectivity index (χ0v) is 10.6. The molecule has 0 saturated heterocycles. The largest absolute Gasteiger partial charge is 0.313 e. The molecule has 3 saturated carbocycles. The van der Waals surface area contributed by atoms with E-state index in [1.165, 1.54) is 25.1 Å². The van der Waals surface area contributed by atoms with E-state index in [1.54, 1.807) is 19.3 Å². The van der Waals surface area contributed by atoms with Gasteiger partial charge in [-0.3, -0.25) is 0 Å². The topological polar surface area (TPSA) is 12.0 Å². The molecule has 0 radical (unpaired) electrons. The molecule has 2 bridgehead atoms. The third-order valence-electron chi connectivity index (χ3n) is 5.14. The predicted molar refractivity (Wildman–Crippen MR) is 67.2 cm³/mol. The van der Waals surface area contributed by atoms with Crippen molar-refractivity contribution >= 4 is 11.8 Å². The van der Waals surface area contributed by atoms with Crippen LogP contribution in [0.5, 0.6) is 0 Å². The third kappa shape index (κ3) is 1.74. The number of rotatable bonds is 4. The van der Waals surface area contributed by atoms with Crippen molar-refractivity contribution in [1.29, 1.82) is 0 Å². The molecule has 0 aromatic carbocycles. The predicted octanol–water partition coefficient (Wildman–Crippen LogP) is 2.76. The van der Waals surface area contributed by atoms with Gasteiger partial charge in [-0.2, -0.15) is 11.8 Å². The van der Waals surface area contributed by atoms with Crippen LogP contribution in [0.4, 0.5) is 0 Å². The molecule has 0 aromatic rings. The van der Waals surface area contributed by atoms with Crippen molar-refractivity contribution in [2.45, 2.75) is 38.1 Å². The van der Waals surface area contributed by atoms with Gasteiger partial charge >= 0.3 is 0 Å². The normalized spacial score (nSPS) is 47.4. The van der Waals surface area contributed by atoms with Gasteiger partial charge in [0.05, 0.1) is 0 Å². The van der Waals surface area contributed by atoms with Crippen molar-refractivity contribution in [1.82, 2.24) is 5.32 Å². The van der Waals surface area contributed by atoms with Gasteiger partial charge in [-0.1, -0.05) is 6.42 Å². The molecule has 1 N–H and O–H groups in total. The Bertz CT molecular complexity index is 231. The summed E-state index contributed by atoms with van der Waals surface area (Å²) in [6.45, 7) is 1.23. The lowest BCUT2D eigenvalue weighted by Gasteiger charge is -2.32. The Balaban J connectivity index is 1.56. The zero-order valence-electron chi connectivity index (χ0n) is 9.74. The summed E-state index contributed by atoms with van der Waals surface area (Å²) >= 11 is 1.96. The van der Waals surface area contributed by atoms with Crippen molar-refractivity contribution < 1.29 is 0 Å². The van der Waals surface area contributed by atoms with Crippen LogP contribution in [0.15, 0.2) is 0 Å². The minimum absolute atomic E-state index is 0.890. The van der Waals surface area contributed by atoms with E-state index in [0.29, 0.717) is 0 Å². The Morgan fingerprint density at radius 1 is 1.13 bits per heavy atom. The van der Waals surface area contributed by atoms with E-state index in [0.717, 1.165) is 29.7 Å². The quantitative estimate of drug-likeness (QED) is 0.738. The second kappa shape index (κ2) is 4.29. The van der Waals surface area contributed by atoms with Gasteiger partial charge in [0, 0.05) is 18.3 Å². The molecule has 0 heterocycles. The van der Waals surface area contributed by atoms with Gasteiger partial charge in [-0.15, -0.1) is 0 Å². The van der Waals surface area contributed by atoms with Crippen molar-refractivity contribution in [3.05, 3.63) is 0 Å². The third-order valence-corrected chi connectivity index (χ3v) is 5.75. The van der Waals surface area contributed by atoms with Crippen LogP contribution in [0.1, 0.15) is 32.1 Å². The first-order valence-corrected chi connectivity index (χ1v) is 8.02. The molecule has 0 spiro atoms. The van der Waals surface area contributed by atoms with Crippen LogP contribution < -0.4 is 5.32 Å². The molecule has 2 heteroatoms. The van der Waals surface area contributed by atoms with Gasteiger partial charge in [-0.05, 0) is 55.6 Å². The fourth-order valence-corrected chi connectivity index (χ4v) is 4.97. The first-order chi connectivity index (χ1) is 7.40. The van der Waals surface area contributed by atoms with Crippen molar-refractivity contribution in [3.8, 4) is 0 Å². The van der Waals surface area contributed by atoms with Crippen LogP contribution in [0, 0.1) is 23.7 Å². The van der Waals surface area contributed by atoms with E-state index in [-0.39, 0.29) is 0 Å². The van der Waals surface area contributed by atoms with Gasteiger partial charge in [-0.25, -0.2) is 0 Å². The molecule has 3 aliphatic carbocycles.